The van der Waals surface area contributed by atoms with Crippen molar-refractivity contribution < 1.29 is 8.42 Å². The summed E-state index contributed by atoms with van der Waals surface area (Å²) in [6.07, 6.45) is 6.36. The van der Waals surface area contributed by atoms with Gasteiger partial charge < -0.3 is 0 Å². The van der Waals surface area contributed by atoms with Crippen molar-refractivity contribution in [1.82, 2.24) is 14.8 Å². The van der Waals surface area contributed by atoms with E-state index in [-0.39, 0.29) is 9.80 Å². The molecule has 0 atom stereocenters. The molecule has 0 spiro atoms. The first-order chi connectivity index (χ1) is 15.0. The first kappa shape index (κ1) is 20.3. The van der Waals surface area contributed by atoms with E-state index in [1.165, 1.54) is 18.2 Å². The first-order valence-corrected chi connectivity index (χ1v) is 11.0. The van der Waals surface area contributed by atoms with Crippen LogP contribution in [0, 0.1) is 18.3 Å². The number of allylic oxidation sites excluding steroid dienone is 1. The van der Waals surface area contributed by atoms with Crippen LogP contribution in [0.2, 0.25) is 0 Å². The Bertz CT molecular complexity index is 1380. The highest BCUT2D eigenvalue weighted by molar-refractivity contribution is 7.95. The number of benzene rings is 2. The van der Waals surface area contributed by atoms with Gasteiger partial charge in [-0.2, -0.15) is 10.4 Å². The SMILES string of the molecule is Cc1ccc(S(=O)(=O)/C(C#N)=C/c2cn(-c3ccccc3)nc2-c2ccncc2)cc1. The Hall–Kier alpha value is -4.02. The second kappa shape index (κ2) is 8.38. The molecule has 2 heterocycles. The number of para-hydroxylation sites is 1. The predicted molar refractivity (Wildman–Crippen MR) is 119 cm³/mol. The van der Waals surface area contributed by atoms with Crippen LogP contribution in [-0.2, 0) is 9.84 Å². The zero-order valence-corrected chi connectivity index (χ0v) is 17.5. The van der Waals surface area contributed by atoms with Crippen LogP contribution in [0.5, 0.6) is 0 Å². The second-order valence-corrected chi connectivity index (χ2v) is 8.80. The number of hydrogen-bond donors (Lipinski definition) is 0. The zero-order chi connectivity index (χ0) is 21.8. The van der Waals surface area contributed by atoms with E-state index in [4.69, 9.17) is 0 Å². The van der Waals surface area contributed by atoms with E-state index < -0.39 is 9.84 Å². The minimum absolute atomic E-state index is 0.0758. The molecule has 2 aromatic heterocycles. The number of sulfone groups is 1. The largest absolute Gasteiger partial charge is 0.265 e. The van der Waals surface area contributed by atoms with Crippen LogP contribution in [-0.4, -0.2) is 23.2 Å². The fraction of sp³-hybridized carbons (Fsp3) is 0.0417. The molecule has 152 valence electrons. The highest BCUT2D eigenvalue weighted by atomic mass is 32.2. The number of hydrogen-bond acceptors (Lipinski definition) is 5. The smallest absolute Gasteiger partial charge is 0.216 e. The minimum Gasteiger partial charge on any atom is -0.265 e. The lowest BCUT2D eigenvalue weighted by atomic mass is 10.1. The molecule has 0 N–H and O–H groups in total. The Balaban J connectivity index is 1.87. The van der Waals surface area contributed by atoms with Crippen LogP contribution in [0.25, 0.3) is 23.0 Å². The van der Waals surface area contributed by atoms with Gasteiger partial charge in [-0.25, -0.2) is 13.1 Å². The topological polar surface area (TPSA) is 88.6 Å². The van der Waals surface area contributed by atoms with Crippen molar-refractivity contribution in [3.8, 4) is 23.0 Å². The van der Waals surface area contributed by atoms with Crippen LogP contribution in [0.15, 0.2) is 95.1 Å². The maximum absolute atomic E-state index is 13.1. The Morgan fingerprint density at radius 2 is 1.68 bits per heavy atom. The Kier molecular flexibility index (Phi) is 5.48. The molecule has 0 unspecified atom stereocenters. The van der Waals surface area contributed by atoms with E-state index in [1.807, 2.05) is 43.3 Å². The van der Waals surface area contributed by atoms with Crippen molar-refractivity contribution in [3.05, 3.63) is 101 Å². The van der Waals surface area contributed by atoms with Gasteiger partial charge in [0.1, 0.15) is 16.7 Å². The van der Waals surface area contributed by atoms with E-state index in [1.54, 1.807) is 47.5 Å². The average molecular weight is 427 g/mol. The standard InChI is InChI=1S/C24H18N4O2S/c1-18-7-9-22(10-8-18)31(29,30)23(16-25)15-20-17-28(21-5-3-2-4-6-21)27-24(20)19-11-13-26-14-12-19/h2-15,17H,1H3/b23-15+. The monoisotopic (exact) mass is 426 g/mol. The summed E-state index contributed by atoms with van der Waals surface area (Å²) in [6, 6.07) is 21.3. The molecule has 0 aliphatic heterocycles. The van der Waals surface area contributed by atoms with Gasteiger partial charge in [-0.05, 0) is 49.4 Å². The summed E-state index contributed by atoms with van der Waals surface area (Å²) in [4.78, 5) is 3.76. The number of pyridine rings is 1. The van der Waals surface area contributed by atoms with Crippen molar-refractivity contribution in [2.24, 2.45) is 0 Å². The number of nitriles is 1. The normalized spacial score (nSPS) is 11.8. The number of aromatic nitrogens is 3. The molecule has 0 fully saturated rings. The van der Waals surface area contributed by atoms with Crippen LogP contribution in [0.4, 0.5) is 0 Å². The molecular formula is C24H18N4O2S. The van der Waals surface area contributed by atoms with Crippen molar-refractivity contribution in [1.29, 1.82) is 5.26 Å². The van der Waals surface area contributed by atoms with E-state index in [0.717, 1.165) is 16.8 Å². The van der Waals surface area contributed by atoms with Crippen molar-refractivity contribution in [2.75, 3.05) is 0 Å². The summed E-state index contributed by atoms with van der Waals surface area (Å²) in [6.45, 7) is 1.87. The summed E-state index contributed by atoms with van der Waals surface area (Å²) in [5.74, 6) is 0. The van der Waals surface area contributed by atoms with E-state index in [9.17, 15) is 13.7 Å². The summed E-state index contributed by atoms with van der Waals surface area (Å²) in [5, 5.41) is 14.3. The first-order valence-electron chi connectivity index (χ1n) is 9.48. The third-order valence-electron chi connectivity index (χ3n) is 4.73. The minimum atomic E-state index is -3.97. The summed E-state index contributed by atoms with van der Waals surface area (Å²) < 4.78 is 27.8. The van der Waals surface area contributed by atoms with Crippen molar-refractivity contribution in [2.45, 2.75) is 11.8 Å². The van der Waals surface area contributed by atoms with E-state index in [0.29, 0.717) is 11.3 Å². The van der Waals surface area contributed by atoms with Crippen LogP contribution in [0.3, 0.4) is 0 Å². The van der Waals surface area contributed by atoms with Gasteiger partial charge in [0.2, 0.25) is 9.84 Å². The number of rotatable bonds is 5. The number of nitrogens with zero attached hydrogens (tertiary/aromatic N) is 4. The van der Waals surface area contributed by atoms with Crippen LogP contribution >= 0.6 is 0 Å². The second-order valence-electron chi connectivity index (χ2n) is 6.89. The van der Waals surface area contributed by atoms with E-state index in [2.05, 4.69) is 10.1 Å². The summed E-state index contributed by atoms with van der Waals surface area (Å²) in [7, 11) is -3.97. The van der Waals surface area contributed by atoms with Crippen molar-refractivity contribution in [3.63, 3.8) is 0 Å². The van der Waals surface area contributed by atoms with Crippen molar-refractivity contribution >= 4 is 15.9 Å². The van der Waals surface area contributed by atoms with Gasteiger partial charge >= 0.3 is 0 Å². The lowest BCUT2D eigenvalue weighted by Gasteiger charge is -2.04. The van der Waals surface area contributed by atoms with Crippen LogP contribution in [0.1, 0.15) is 11.1 Å². The third-order valence-corrected chi connectivity index (χ3v) is 6.42. The molecule has 7 heteroatoms. The molecule has 0 radical (unpaired) electrons. The molecule has 31 heavy (non-hydrogen) atoms. The van der Waals surface area contributed by atoms with Gasteiger partial charge in [-0.15, -0.1) is 0 Å². The van der Waals surface area contributed by atoms with Gasteiger partial charge in [0, 0.05) is 29.7 Å². The van der Waals surface area contributed by atoms with Gasteiger partial charge in [0.25, 0.3) is 0 Å². The van der Waals surface area contributed by atoms with E-state index >= 15 is 0 Å². The van der Waals surface area contributed by atoms with Gasteiger partial charge in [0.15, 0.2) is 0 Å². The Labute approximate surface area is 180 Å². The summed E-state index contributed by atoms with van der Waals surface area (Å²) >= 11 is 0. The maximum Gasteiger partial charge on any atom is 0.216 e. The Morgan fingerprint density at radius 1 is 1.00 bits per heavy atom. The quantitative estimate of drug-likeness (QED) is 0.436. The Morgan fingerprint density at radius 3 is 2.32 bits per heavy atom. The average Bonchev–Trinajstić information content (AvgIpc) is 3.23. The fourth-order valence-electron chi connectivity index (χ4n) is 3.10. The molecule has 4 aromatic rings. The molecule has 0 saturated heterocycles. The van der Waals surface area contributed by atoms with Gasteiger partial charge in [0.05, 0.1) is 10.6 Å². The molecule has 0 saturated carbocycles. The van der Waals surface area contributed by atoms with Gasteiger partial charge in [-0.1, -0.05) is 35.9 Å². The molecule has 0 bridgehead atoms. The highest BCUT2D eigenvalue weighted by Crippen LogP contribution is 2.28. The number of aryl methyl sites for hydroxylation is 1. The molecule has 4 rings (SSSR count). The maximum atomic E-state index is 13.1. The van der Waals surface area contributed by atoms with Crippen LogP contribution < -0.4 is 0 Å². The molecule has 0 aliphatic rings. The fourth-order valence-corrected chi connectivity index (χ4v) is 4.25. The molecule has 6 nitrogen and oxygen atoms in total. The molecule has 0 amide bonds. The highest BCUT2D eigenvalue weighted by Gasteiger charge is 2.22. The third kappa shape index (κ3) is 4.15. The van der Waals surface area contributed by atoms with Gasteiger partial charge in [-0.3, -0.25) is 4.98 Å². The predicted octanol–water partition coefficient (Wildman–Crippen LogP) is 4.58. The molecule has 0 aliphatic carbocycles. The molecule has 2 aromatic carbocycles. The lowest BCUT2D eigenvalue weighted by molar-refractivity contribution is 0.603. The molecular weight excluding hydrogens is 408 g/mol. The summed E-state index contributed by atoms with van der Waals surface area (Å²) in [5.41, 5.74) is 3.59. The zero-order valence-electron chi connectivity index (χ0n) is 16.7. The lowest BCUT2D eigenvalue weighted by Crippen LogP contribution is -2.03.